The number of unbranched alkanes of at least 4 members (excludes halogenated alkanes) is 6. The predicted molar refractivity (Wildman–Crippen MR) is 131 cm³/mol. The maximum absolute atomic E-state index is 13.1. The van der Waals surface area contributed by atoms with Gasteiger partial charge in [0, 0.05) is 19.4 Å². The van der Waals surface area contributed by atoms with Crippen molar-refractivity contribution in [2.24, 2.45) is 5.92 Å². The highest BCUT2D eigenvalue weighted by molar-refractivity contribution is 6.07. The molecular weight excluding hydrogens is 452 g/mol. The first-order valence-electron chi connectivity index (χ1n) is 13.5. The Kier molecular flexibility index (Phi) is 12.5. The number of aliphatic hydroxyl groups excluding tert-OH is 1. The van der Waals surface area contributed by atoms with Crippen molar-refractivity contribution in [2.75, 3.05) is 6.54 Å². The van der Waals surface area contributed by atoms with Crippen LogP contribution < -0.4 is 5.32 Å². The summed E-state index contributed by atoms with van der Waals surface area (Å²) in [6, 6.07) is -0.400. The number of imide groups is 1. The molecule has 1 aliphatic carbocycles. The van der Waals surface area contributed by atoms with Crippen molar-refractivity contribution in [1.82, 2.24) is 10.2 Å². The summed E-state index contributed by atoms with van der Waals surface area (Å²) in [5, 5.41) is 30.9. The largest absolute Gasteiger partial charge is 0.481 e. The summed E-state index contributed by atoms with van der Waals surface area (Å²) in [5.74, 6) is -1.66. The Morgan fingerprint density at radius 3 is 1.89 bits per heavy atom. The molecule has 0 aromatic rings. The maximum Gasteiger partial charge on any atom is 0.325 e. The average molecular weight is 497 g/mol. The summed E-state index contributed by atoms with van der Waals surface area (Å²) < 4.78 is 0. The molecule has 0 bridgehead atoms. The van der Waals surface area contributed by atoms with E-state index in [0.717, 1.165) is 51.4 Å². The van der Waals surface area contributed by atoms with E-state index in [9.17, 15) is 24.3 Å². The molecule has 9 heteroatoms. The zero-order valence-electron chi connectivity index (χ0n) is 21.0. The lowest BCUT2D eigenvalue weighted by molar-refractivity contribution is -0.138. The van der Waals surface area contributed by atoms with E-state index in [-0.39, 0.29) is 24.7 Å². The first-order chi connectivity index (χ1) is 16.8. The minimum Gasteiger partial charge on any atom is -0.481 e. The monoisotopic (exact) mass is 496 g/mol. The van der Waals surface area contributed by atoms with Crippen LogP contribution in [0.5, 0.6) is 0 Å². The number of carboxylic acid groups (broad SMARTS) is 2. The molecular formula is C26H44N2O7. The van der Waals surface area contributed by atoms with Crippen LogP contribution in [0.4, 0.5) is 4.79 Å². The van der Waals surface area contributed by atoms with Crippen molar-refractivity contribution in [2.45, 2.75) is 127 Å². The van der Waals surface area contributed by atoms with E-state index in [4.69, 9.17) is 10.2 Å². The van der Waals surface area contributed by atoms with Crippen LogP contribution >= 0.6 is 0 Å². The predicted octanol–water partition coefficient (Wildman–Crippen LogP) is 4.46. The molecule has 2 fully saturated rings. The Morgan fingerprint density at radius 1 is 0.857 bits per heavy atom. The molecule has 200 valence electrons. The lowest BCUT2D eigenvalue weighted by atomic mass is 9.83. The fraction of sp³-hybridized carbons (Fsp3) is 0.846. The Labute approximate surface area is 208 Å². The highest BCUT2D eigenvalue weighted by Gasteiger charge is 2.51. The van der Waals surface area contributed by atoms with Gasteiger partial charge in [0.15, 0.2) is 0 Å². The van der Waals surface area contributed by atoms with Crippen molar-refractivity contribution >= 4 is 23.9 Å². The molecule has 1 heterocycles. The van der Waals surface area contributed by atoms with Gasteiger partial charge in [-0.1, -0.05) is 57.8 Å². The summed E-state index contributed by atoms with van der Waals surface area (Å²) in [6.07, 6.45) is 12.4. The minimum atomic E-state index is -0.955. The molecule has 4 N–H and O–H groups in total. The Balaban J connectivity index is 1.99. The van der Waals surface area contributed by atoms with Gasteiger partial charge in [-0.05, 0) is 50.9 Å². The van der Waals surface area contributed by atoms with Gasteiger partial charge < -0.3 is 20.2 Å². The van der Waals surface area contributed by atoms with E-state index in [1.807, 2.05) is 0 Å². The van der Waals surface area contributed by atoms with Gasteiger partial charge in [-0.2, -0.15) is 0 Å². The molecule has 9 nitrogen and oxygen atoms in total. The number of carbonyl (C=O) groups is 4. The lowest BCUT2D eigenvalue weighted by Crippen LogP contribution is -2.50. The van der Waals surface area contributed by atoms with E-state index in [2.05, 4.69) is 5.32 Å². The highest BCUT2D eigenvalue weighted by atomic mass is 16.4. The van der Waals surface area contributed by atoms with E-state index in [0.29, 0.717) is 51.5 Å². The molecule has 35 heavy (non-hydrogen) atoms. The standard InChI is InChI=1S/C26H44N2O7/c29-21(20-12-6-5-7-13-20)16-19-28-25(35)27-24(34)26(28,17-10-3-1-8-14-22(30)31)18-11-4-2-9-15-23(32)33/h20-21,29H,1-19H2,(H,30,31)(H,32,33)(H,27,34,35). The summed E-state index contributed by atoms with van der Waals surface area (Å²) in [6.45, 7) is 0.327. The second-order valence-corrected chi connectivity index (χ2v) is 10.3. The van der Waals surface area contributed by atoms with Crippen molar-refractivity contribution in [3.8, 4) is 0 Å². The SMILES string of the molecule is O=C(O)CCCCCCC1(CCCCCCC(=O)O)C(=O)NC(=O)N1CCC(O)C1CCCCC1. The molecule has 1 saturated heterocycles. The van der Waals surface area contributed by atoms with Crippen LogP contribution in [0, 0.1) is 5.92 Å². The van der Waals surface area contributed by atoms with Crippen molar-refractivity contribution in [3.63, 3.8) is 0 Å². The summed E-state index contributed by atoms with van der Waals surface area (Å²) in [4.78, 5) is 49.0. The number of aliphatic carboxylic acids is 2. The smallest absolute Gasteiger partial charge is 0.325 e. The number of hydrogen-bond donors (Lipinski definition) is 4. The minimum absolute atomic E-state index is 0.131. The number of aliphatic hydroxyl groups is 1. The third kappa shape index (κ3) is 9.43. The normalized spacial score (nSPS) is 19.1. The third-order valence-electron chi connectivity index (χ3n) is 7.71. The number of hydrogen-bond acceptors (Lipinski definition) is 5. The second-order valence-electron chi connectivity index (χ2n) is 10.3. The van der Waals surface area contributed by atoms with Crippen molar-refractivity contribution in [1.29, 1.82) is 0 Å². The molecule has 3 amide bonds. The number of carboxylic acids is 2. The van der Waals surface area contributed by atoms with Crippen LogP contribution in [0.1, 0.15) is 116 Å². The second kappa shape index (κ2) is 15.1. The number of urea groups is 1. The number of rotatable bonds is 18. The van der Waals surface area contributed by atoms with Gasteiger partial charge in [-0.15, -0.1) is 0 Å². The average Bonchev–Trinajstić information content (AvgIpc) is 3.05. The number of nitrogens with zero attached hydrogens (tertiary/aromatic N) is 1. The van der Waals surface area contributed by atoms with Crippen LogP contribution in [-0.4, -0.2) is 62.3 Å². The molecule has 0 radical (unpaired) electrons. The molecule has 0 aromatic carbocycles. The number of nitrogens with one attached hydrogen (secondary N) is 1. The number of carbonyl (C=O) groups excluding carboxylic acids is 2. The van der Waals surface area contributed by atoms with Gasteiger partial charge in [-0.3, -0.25) is 19.7 Å². The first-order valence-corrected chi connectivity index (χ1v) is 13.5. The molecule has 1 aliphatic heterocycles. The fourth-order valence-electron chi connectivity index (χ4n) is 5.65. The van der Waals surface area contributed by atoms with Crippen LogP contribution in [0.25, 0.3) is 0 Å². The molecule has 1 unspecified atom stereocenters. The maximum atomic E-state index is 13.1. The highest BCUT2D eigenvalue weighted by Crippen LogP contribution is 2.35. The Hall–Kier alpha value is -2.16. The molecule has 2 rings (SSSR count). The van der Waals surface area contributed by atoms with E-state index in [1.54, 1.807) is 4.90 Å². The Morgan fingerprint density at radius 2 is 1.37 bits per heavy atom. The van der Waals surface area contributed by atoms with Crippen molar-refractivity contribution < 1.29 is 34.5 Å². The quantitative estimate of drug-likeness (QED) is 0.162. The van der Waals surface area contributed by atoms with Gasteiger partial charge in [0.05, 0.1) is 6.10 Å². The first kappa shape index (κ1) is 29.1. The van der Waals surface area contributed by atoms with E-state index < -0.39 is 29.6 Å². The molecule has 0 spiro atoms. The van der Waals surface area contributed by atoms with E-state index in [1.165, 1.54) is 6.42 Å². The lowest BCUT2D eigenvalue weighted by Gasteiger charge is -2.37. The van der Waals surface area contributed by atoms with Gasteiger partial charge >= 0.3 is 18.0 Å². The van der Waals surface area contributed by atoms with E-state index >= 15 is 0 Å². The van der Waals surface area contributed by atoms with Crippen molar-refractivity contribution in [3.05, 3.63) is 0 Å². The Bertz CT molecular complexity index is 680. The zero-order valence-corrected chi connectivity index (χ0v) is 21.0. The van der Waals surface area contributed by atoms with Gasteiger partial charge in [-0.25, -0.2) is 4.79 Å². The van der Waals surface area contributed by atoms with Gasteiger partial charge in [0.2, 0.25) is 0 Å². The van der Waals surface area contributed by atoms with Crippen LogP contribution in [0.15, 0.2) is 0 Å². The summed E-state index contributed by atoms with van der Waals surface area (Å²) >= 11 is 0. The molecule has 0 aromatic heterocycles. The van der Waals surface area contributed by atoms with Crippen LogP contribution in [-0.2, 0) is 14.4 Å². The third-order valence-corrected chi connectivity index (χ3v) is 7.71. The van der Waals surface area contributed by atoms with Gasteiger partial charge in [0.1, 0.15) is 5.54 Å². The summed E-state index contributed by atoms with van der Waals surface area (Å²) in [7, 11) is 0. The van der Waals surface area contributed by atoms with Crippen LogP contribution in [0.2, 0.25) is 0 Å². The topological polar surface area (TPSA) is 144 Å². The molecule has 2 aliphatic rings. The number of amides is 3. The summed E-state index contributed by atoms with van der Waals surface area (Å²) in [5.41, 5.74) is -0.955. The van der Waals surface area contributed by atoms with Crippen LogP contribution in [0.3, 0.4) is 0 Å². The molecule has 1 atom stereocenters. The van der Waals surface area contributed by atoms with Gasteiger partial charge in [0.25, 0.3) is 5.91 Å². The fourth-order valence-corrected chi connectivity index (χ4v) is 5.65. The molecule has 1 saturated carbocycles. The zero-order chi connectivity index (χ0) is 25.7.